The number of ether oxygens (including phenoxy) is 2. The molecule has 5 nitrogen and oxygen atoms in total. The lowest BCUT2D eigenvalue weighted by Crippen LogP contribution is -2.11. The van der Waals surface area contributed by atoms with Crippen LogP contribution in [0.2, 0.25) is 0 Å². The molecule has 0 amide bonds. The van der Waals surface area contributed by atoms with Crippen molar-refractivity contribution in [2.45, 2.75) is 20.3 Å². The minimum absolute atomic E-state index is 0.244. The lowest BCUT2D eigenvalue weighted by atomic mass is 10.1. The van der Waals surface area contributed by atoms with Crippen molar-refractivity contribution in [2.75, 3.05) is 32.2 Å². The Balaban J connectivity index is 2.47. The van der Waals surface area contributed by atoms with E-state index < -0.39 is 5.97 Å². The number of hydrogen-bond acceptors (Lipinski definition) is 4. The van der Waals surface area contributed by atoms with Crippen LogP contribution in [0, 0.1) is 5.92 Å². The van der Waals surface area contributed by atoms with Crippen molar-refractivity contribution in [3.8, 4) is 5.75 Å². The second-order valence-electron chi connectivity index (χ2n) is 4.97. The van der Waals surface area contributed by atoms with Crippen molar-refractivity contribution in [1.29, 1.82) is 0 Å². The zero-order valence-corrected chi connectivity index (χ0v) is 12.3. The maximum Gasteiger partial charge on any atom is 0.337 e. The largest absolute Gasteiger partial charge is 0.497 e. The molecule has 0 atom stereocenters. The molecule has 0 aliphatic rings. The van der Waals surface area contributed by atoms with Crippen LogP contribution in [0.5, 0.6) is 5.75 Å². The Bertz CT molecular complexity index is 432. The molecule has 0 saturated carbocycles. The van der Waals surface area contributed by atoms with Crippen LogP contribution in [0.25, 0.3) is 0 Å². The van der Waals surface area contributed by atoms with Crippen molar-refractivity contribution in [1.82, 2.24) is 0 Å². The van der Waals surface area contributed by atoms with Crippen LogP contribution in [0.1, 0.15) is 30.6 Å². The molecule has 1 aromatic carbocycles. The molecular formula is C15H23NO4. The number of methoxy groups -OCH3 is 1. The number of nitrogens with one attached hydrogen (secondary N) is 1. The zero-order chi connectivity index (χ0) is 15.0. The van der Waals surface area contributed by atoms with E-state index in [9.17, 15) is 4.79 Å². The van der Waals surface area contributed by atoms with Crippen LogP contribution in [-0.2, 0) is 4.74 Å². The molecule has 1 rings (SSSR count). The minimum Gasteiger partial charge on any atom is -0.497 e. The molecule has 0 unspecified atom stereocenters. The highest BCUT2D eigenvalue weighted by molar-refractivity contribution is 5.94. The Morgan fingerprint density at radius 2 is 2.15 bits per heavy atom. The molecule has 0 bridgehead atoms. The number of anilines is 1. The predicted octanol–water partition coefficient (Wildman–Crippen LogP) is 2.87. The number of benzene rings is 1. The fraction of sp³-hybridized carbons (Fsp3) is 0.533. The summed E-state index contributed by atoms with van der Waals surface area (Å²) >= 11 is 0. The van der Waals surface area contributed by atoms with E-state index in [1.54, 1.807) is 25.3 Å². The third kappa shape index (κ3) is 5.48. The number of hydrogen-bond donors (Lipinski definition) is 2. The van der Waals surface area contributed by atoms with Gasteiger partial charge in [-0.25, -0.2) is 4.79 Å². The van der Waals surface area contributed by atoms with E-state index in [0.717, 1.165) is 13.0 Å². The summed E-state index contributed by atoms with van der Waals surface area (Å²) in [5.41, 5.74) is 0.814. The van der Waals surface area contributed by atoms with Crippen LogP contribution >= 0.6 is 0 Å². The number of carboxylic acid groups (broad SMARTS) is 1. The molecule has 0 heterocycles. The summed E-state index contributed by atoms with van der Waals surface area (Å²) in [5.74, 6) is 0.208. The molecule has 0 fully saturated rings. The van der Waals surface area contributed by atoms with E-state index >= 15 is 0 Å². The Labute approximate surface area is 119 Å². The average Bonchev–Trinajstić information content (AvgIpc) is 2.41. The van der Waals surface area contributed by atoms with E-state index in [1.165, 1.54) is 0 Å². The molecule has 0 aromatic heterocycles. The molecule has 0 saturated heterocycles. The molecule has 2 N–H and O–H groups in total. The first-order valence-corrected chi connectivity index (χ1v) is 6.77. The summed E-state index contributed by atoms with van der Waals surface area (Å²) in [5, 5.41) is 12.2. The smallest absolute Gasteiger partial charge is 0.337 e. The molecular weight excluding hydrogens is 258 g/mol. The van der Waals surface area contributed by atoms with Crippen LogP contribution in [0.4, 0.5) is 5.69 Å². The van der Waals surface area contributed by atoms with Crippen molar-refractivity contribution < 1.29 is 19.4 Å². The van der Waals surface area contributed by atoms with Gasteiger partial charge in [-0.05, 0) is 24.5 Å². The first-order chi connectivity index (χ1) is 9.54. The van der Waals surface area contributed by atoms with Crippen molar-refractivity contribution >= 4 is 11.7 Å². The van der Waals surface area contributed by atoms with Gasteiger partial charge in [-0.15, -0.1) is 0 Å². The Morgan fingerprint density at radius 1 is 1.40 bits per heavy atom. The Morgan fingerprint density at radius 3 is 2.75 bits per heavy atom. The average molecular weight is 281 g/mol. The Hall–Kier alpha value is -1.75. The minimum atomic E-state index is -0.953. The van der Waals surface area contributed by atoms with Gasteiger partial charge in [0.15, 0.2) is 0 Å². The van der Waals surface area contributed by atoms with E-state index in [4.69, 9.17) is 14.6 Å². The standard InChI is InChI=1S/C15H23NO4/c1-11(2)10-20-8-4-7-16-14-9-12(19-3)5-6-13(14)15(17)18/h5-6,9,11,16H,4,7-8,10H2,1-3H3,(H,17,18). The highest BCUT2D eigenvalue weighted by Gasteiger charge is 2.10. The second kappa shape index (κ2) is 8.43. The first kappa shape index (κ1) is 16.3. The lowest BCUT2D eigenvalue weighted by molar-refractivity contribution is 0.0698. The van der Waals surface area contributed by atoms with Crippen LogP contribution in [0.3, 0.4) is 0 Å². The summed E-state index contributed by atoms with van der Waals surface area (Å²) in [7, 11) is 1.55. The predicted molar refractivity (Wildman–Crippen MR) is 78.7 cm³/mol. The topological polar surface area (TPSA) is 67.8 Å². The summed E-state index contributed by atoms with van der Waals surface area (Å²) in [6.07, 6.45) is 0.822. The molecule has 0 radical (unpaired) electrons. The summed E-state index contributed by atoms with van der Waals surface area (Å²) in [4.78, 5) is 11.1. The molecule has 20 heavy (non-hydrogen) atoms. The highest BCUT2D eigenvalue weighted by atomic mass is 16.5. The maximum absolute atomic E-state index is 11.1. The molecule has 5 heteroatoms. The first-order valence-electron chi connectivity index (χ1n) is 6.77. The Kier molecular flexibility index (Phi) is 6.87. The number of carboxylic acids is 1. The monoisotopic (exact) mass is 281 g/mol. The third-order valence-electron chi connectivity index (χ3n) is 2.69. The summed E-state index contributed by atoms with van der Waals surface area (Å²) in [6.45, 7) is 6.28. The van der Waals surface area contributed by atoms with Crippen LogP contribution in [-0.4, -0.2) is 37.9 Å². The third-order valence-corrected chi connectivity index (χ3v) is 2.69. The number of aromatic carboxylic acids is 1. The van der Waals surface area contributed by atoms with Crippen molar-refractivity contribution in [2.24, 2.45) is 5.92 Å². The van der Waals surface area contributed by atoms with Crippen LogP contribution < -0.4 is 10.1 Å². The quantitative estimate of drug-likeness (QED) is 0.681. The van der Waals surface area contributed by atoms with Gasteiger partial charge in [0.2, 0.25) is 0 Å². The summed E-state index contributed by atoms with van der Waals surface area (Å²) < 4.78 is 10.6. The second-order valence-corrected chi connectivity index (χ2v) is 4.97. The fourth-order valence-corrected chi connectivity index (χ4v) is 1.70. The number of carbonyl (C=O) groups is 1. The van der Waals surface area contributed by atoms with Crippen LogP contribution in [0.15, 0.2) is 18.2 Å². The zero-order valence-electron chi connectivity index (χ0n) is 12.3. The van der Waals surface area contributed by atoms with Gasteiger partial charge in [-0.3, -0.25) is 0 Å². The van der Waals surface area contributed by atoms with E-state index in [1.807, 2.05) is 0 Å². The van der Waals surface area contributed by atoms with Gasteiger partial charge < -0.3 is 19.9 Å². The van der Waals surface area contributed by atoms with E-state index in [-0.39, 0.29) is 5.56 Å². The van der Waals surface area contributed by atoms with Crippen molar-refractivity contribution in [3.63, 3.8) is 0 Å². The van der Waals surface area contributed by atoms with Crippen molar-refractivity contribution in [3.05, 3.63) is 23.8 Å². The van der Waals surface area contributed by atoms with Gasteiger partial charge in [0.05, 0.1) is 18.4 Å². The lowest BCUT2D eigenvalue weighted by Gasteiger charge is -2.12. The highest BCUT2D eigenvalue weighted by Crippen LogP contribution is 2.22. The molecule has 0 aliphatic carbocycles. The normalized spacial score (nSPS) is 10.6. The van der Waals surface area contributed by atoms with E-state index in [0.29, 0.717) is 30.5 Å². The molecule has 0 aliphatic heterocycles. The van der Waals surface area contributed by atoms with Gasteiger partial charge in [0, 0.05) is 25.8 Å². The van der Waals surface area contributed by atoms with Gasteiger partial charge >= 0.3 is 5.97 Å². The van der Waals surface area contributed by atoms with E-state index in [2.05, 4.69) is 19.2 Å². The molecule has 112 valence electrons. The number of rotatable bonds is 9. The van der Waals surface area contributed by atoms with Gasteiger partial charge in [0.1, 0.15) is 5.75 Å². The SMILES string of the molecule is COc1ccc(C(=O)O)c(NCCCOCC(C)C)c1. The maximum atomic E-state index is 11.1. The van der Waals surface area contributed by atoms with Gasteiger partial charge in [-0.1, -0.05) is 13.8 Å². The van der Waals surface area contributed by atoms with Gasteiger partial charge in [0.25, 0.3) is 0 Å². The molecule has 1 aromatic rings. The summed E-state index contributed by atoms with van der Waals surface area (Å²) in [6, 6.07) is 4.87. The van der Waals surface area contributed by atoms with Gasteiger partial charge in [-0.2, -0.15) is 0 Å². The fourth-order valence-electron chi connectivity index (χ4n) is 1.70. The molecule has 0 spiro atoms.